The minimum atomic E-state index is 0.000532. The second kappa shape index (κ2) is 2.62. The molecule has 0 saturated heterocycles. The fraction of sp³-hybridized carbons (Fsp3) is 0.500. The Bertz CT molecular complexity index is 314. The SMILES string of the molecule is CC1(C)CC1NC(=O)c1ccc[nH]1. The van der Waals surface area contributed by atoms with Crippen LogP contribution in [0.25, 0.3) is 0 Å². The molecule has 1 unspecified atom stereocenters. The van der Waals surface area contributed by atoms with Gasteiger partial charge in [0.1, 0.15) is 5.69 Å². The van der Waals surface area contributed by atoms with Crippen LogP contribution in [0.1, 0.15) is 30.8 Å². The van der Waals surface area contributed by atoms with Crippen LogP contribution in [0.3, 0.4) is 0 Å². The Labute approximate surface area is 77.5 Å². The van der Waals surface area contributed by atoms with Crippen molar-refractivity contribution >= 4 is 5.91 Å². The summed E-state index contributed by atoms with van der Waals surface area (Å²) in [6.45, 7) is 4.32. The Morgan fingerprint density at radius 3 is 2.85 bits per heavy atom. The molecular formula is C10H14N2O. The molecule has 2 N–H and O–H groups in total. The highest BCUT2D eigenvalue weighted by atomic mass is 16.2. The highest BCUT2D eigenvalue weighted by Crippen LogP contribution is 2.44. The van der Waals surface area contributed by atoms with Gasteiger partial charge in [0.05, 0.1) is 0 Å². The van der Waals surface area contributed by atoms with E-state index in [1.807, 2.05) is 6.07 Å². The molecule has 70 valence electrons. The van der Waals surface area contributed by atoms with Gasteiger partial charge < -0.3 is 10.3 Å². The first-order chi connectivity index (χ1) is 6.09. The number of nitrogens with one attached hydrogen (secondary N) is 2. The number of aromatic amines is 1. The average Bonchev–Trinajstić information content (AvgIpc) is 2.58. The van der Waals surface area contributed by atoms with Gasteiger partial charge in [-0.3, -0.25) is 4.79 Å². The maximum Gasteiger partial charge on any atom is 0.267 e. The second-order valence-electron chi connectivity index (χ2n) is 4.30. The smallest absolute Gasteiger partial charge is 0.267 e. The van der Waals surface area contributed by atoms with Crippen molar-refractivity contribution in [2.45, 2.75) is 26.3 Å². The molecule has 1 aromatic rings. The summed E-state index contributed by atoms with van der Waals surface area (Å²) < 4.78 is 0. The highest BCUT2D eigenvalue weighted by Gasteiger charge is 2.46. The van der Waals surface area contributed by atoms with Crippen molar-refractivity contribution in [1.82, 2.24) is 10.3 Å². The number of aromatic nitrogens is 1. The fourth-order valence-electron chi connectivity index (χ4n) is 1.42. The molecule has 1 amide bonds. The van der Waals surface area contributed by atoms with Crippen LogP contribution in [0.2, 0.25) is 0 Å². The van der Waals surface area contributed by atoms with E-state index in [-0.39, 0.29) is 5.91 Å². The third-order valence-electron chi connectivity index (χ3n) is 2.66. The van der Waals surface area contributed by atoms with Crippen molar-refractivity contribution in [2.75, 3.05) is 0 Å². The van der Waals surface area contributed by atoms with Crippen molar-refractivity contribution in [1.29, 1.82) is 0 Å². The molecule has 1 aliphatic carbocycles. The van der Waals surface area contributed by atoms with Gasteiger partial charge >= 0.3 is 0 Å². The number of hydrogen-bond acceptors (Lipinski definition) is 1. The molecule has 1 atom stereocenters. The van der Waals surface area contributed by atoms with Crippen LogP contribution in [-0.2, 0) is 0 Å². The molecule has 0 aliphatic heterocycles. The predicted molar refractivity (Wildman–Crippen MR) is 50.4 cm³/mol. The topological polar surface area (TPSA) is 44.9 Å². The lowest BCUT2D eigenvalue weighted by Gasteiger charge is -2.04. The molecule has 1 fully saturated rings. The summed E-state index contributed by atoms with van der Waals surface area (Å²) in [6.07, 6.45) is 2.84. The molecule has 3 heteroatoms. The van der Waals surface area contributed by atoms with Gasteiger partial charge in [-0.2, -0.15) is 0 Å². The summed E-state index contributed by atoms with van der Waals surface area (Å²) in [5.74, 6) is 0.000532. The quantitative estimate of drug-likeness (QED) is 0.709. The van der Waals surface area contributed by atoms with E-state index in [2.05, 4.69) is 24.1 Å². The van der Waals surface area contributed by atoms with Gasteiger partial charge in [-0.25, -0.2) is 0 Å². The number of carbonyl (C=O) groups excluding carboxylic acids is 1. The Morgan fingerprint density at radius 1 is 1.69 bits per heavy atom. The molecule has 1 aromatic heterocycles. The maximum absolute atomic E-state index is 11.5. The zero-order valence-electron chi connectivity index (χ0n) is 7.92. The van der Waals surface area contributed by atoms with Crippen molar-refractivity contribution in [3.8, 4) is 0 Å². The Morgan fingerprint density at radius 2 is 2.38 bits per heavy atom. The molecule has 13 heavy (non-hydrogen) atoms. The van der Waals surface area contributed by atoms with E-state index >= 15 is 0 Å². The van der Waals surface area contributed by atoms with Crippen molar-refractivity contribution < 1.29 is 4.79 Å². The van der Waals surface area contributed by atoms with Crippen LogP contribution in [0, 0.1) is 5.41 Å². The van der Waals surface area contributed by atoms with E-state index in [9.17, 15) is 4.79 Å². The lowest BCUT2D eigenvalue weighted by atomic mass is 10.2. The standard InChI is InChI=1S/C10H14N2O/c1-10(2)6-8(10)12-9(13)7-4-3-5-11-7/h3-5,8,11H,6H2,1-2H3,(H,12,13). The molecule has 3 nitrogen and oxygen atoms in total. The number of H-pyrrole nitrogens is 1. The zero-order chi connectivity index (χ0) is 9.47. The largest absolute Gasteiger partial charge is 0.357 e. The van der Waals surface area contributed by atoms with Crippen molar-refractivity contribution in [3.05, 3.63) is 24.0 Å². The Hall–Kier alpha value is -1.25. The molecule has 1 saturated carbocycles. The highest BCUT2D eigenvalue weighted by molar-refractivity contribution is 5.92. The molecule has 0 radical (unpaired) electrons. The van der Waals surface area contributed by atoms with E-state index in [0.717, 1.165) is 6.42 Å². The second-order valence-corrected chi connectivity index (χ2v) is 4.30. The molecule has 1 heterocycles. The van der Waals surface area contributed by atoms with E-state index in [0.29, 0.717) is 17.2 Å². The van der Waals surface area contributed by atoms with Gasteiger partial charge in [-0.05, 0) is 24.0 Å². The minimum absolute atomic E-state index is 0.000532. The van der Waals surface area contributed by atoms with E-state index in [1.165, 1.54) is 0 Å². The predicted octanol–water partition coefficient (Wildman–Crippen LogP) is 1.54. The molecular weight excluding hydrogens is 164 g/mol. The lowest BCUT2D eigenvalue weighted by molar-refractivity contribution is 0.0942. The normalized spacial score (nSPS) is 24.0. The van der Waals surface area contributed by atoms with Gasteiger partial charge in [-0.1, -0.05) is 13.8 Å². The summed E-state index contributed by atoms with van der Waals surface area (Å²) in [7, 11) is 0. The summed E-state index contributed by atoms with van der Waals surface area (Å²) >= 11 is 0. The Balaban J connectivity index is 1.94. The van der Waals surface area contributed by atoms with Crippen LogP contribution >= 0.6 is 0 Å². The first-order valence-electron chi connectivity index (χ1n) is 4.54. The number of rotatable bonds is 2. The van der Waals surface area contributed by atoms with Crippen LogP contribution in [-0.4, -0.2) is 16.9 Å². The van der Waals surface area contributed by atoms with Gasteiger partial charge in [0, 0.05) is 12.2 Å². The lowest BCUT2D eigenvalue weighted by Crippen LogP contribution is -2.28. The third-order valence-corrected chi connectivity index (χ3v) is 2.66. The molecule has 0 spiro atoms. The van der Waals surface area contributed by atoms with Crippen molar-refractivity contribution in [2.24, 2.45) is 5.41 Å². The minimum Gasteiger partial charge on any atom is -0.357 e. The zero-order valence-corrected chi connectivity index (χ0v) is 7.92. The van der Waals surface area contributed by atoms with E-state index < -0.39 is 0 Å². The van der Waals surface area contributed by atoms with Gasteiger partial charge in [0.15, 0.2) is 0 Å². The number of carbonyl (C=O) groups is 1. The number of amides is 1. The Kier molecular flexibility index (Phi) is 1.68. The fourth-order valence-corrected chi connectivity index (χ4v) is 1.42. The first-order valence-corrected chi connectivity index (χ1v) is 4.54. The van der Waals surface area contributed by atoms with Crippen LogP contribution < -0.4 is 5.32 Å². The summed E-state index contributed by atoms with van der Waals surface area (Å²) in [4.78, 5) is 14.4. The summed E-state index contributed by atoms with van der Waals surface area (Å²) in [5.41, 5.74) is 0.935. The molecule has 2 rings (SSSR count). The van der Waals surface area contributed by atoms with E-state index in [1.54, 1.807) is 12.3 Å². The van der Waals surface area contributed by atoms with Crippen molar-refractivity contribution in [3.63, 3.8) is 0 Å². The maximum atomic E-state index is 11.5. The monoisotopic (exact) mass is 178 g/mol. The van der Waals surface area contributed by atoms with Gasteiger partial charge in [0.2, 0.25) is 0 Å². The summed E-state index contributed by atoms with van der Waals surface area (Å²) in [6, 6.07) is 3.96. The first kappa shape index (κ1) is 8.35. The van der Waals surface area contributed by atoms with Crippen LogP contribution in [0.4, 0.5) is 0 Å². The molecule has 0 aromatic carbocycles. The molecule has 0 bridgehead atoms. The number of hydrogen-bond donors (Lipinski definition) is 2. The van der Waals surface area contributed by atoms with E-state index in [4.69, 9.17) is 0 Å². The van der Waals surface area contributed by atoms with Gasteiger partial charge in [0.25, 0.3) is 5.91 Å². The third kappa shape index (κ3) is 1.59. The van der Waals surface area contributed by atoms with Crippen LogP contribution in [0.5, 0.6) is 0 Å². The molecule has 1 aliphatic rings. The van der Waals surface area contributed by atoms with Crippen LogP contribution in [0.15, 0.2) is 18.3 Å². The average molecular weight is 178 g/mol. The van der Waals surface area contributed by atoms with Gasteiger partial charge in [-0.15, -0.1) is 0 Å². The summed E-state index contributed by atoms with van der Waals surface area (Å²) in [5, 5.41) is 2.98.